The fraction of sp³-hybridized carbons (Fsp3) is 0.167. The first-order chi connectivity index (χ1) is 11.6. The molecule has 0 bridgehead atoms. The number of anilines is 1. The average Bonchev–Trinajstić information content (AvgIpc) is 2.60. The van der Waals surface area contributed by atoms with Crippen molar-refractivity contribution in [2.24, 2.45) is 4.99 Å². The van der Waals surface area contributed by atoms with Gasteiger partial charge < -0.3 is 5.32 Å². The maximum atomic E-state index is 12.5. The Morgan fingerprint density at radius 2 is 1.75 bits per heavy atom. The highest BCUT2D eigenvalue weighted by Crippen LogP contribution is 2.28. The van der Waals surface area contributed by atoms with E-state index in [1.807, 2.05) is 60.7 Å². The molecule has 1 saturated heterocycles. The Kier molecular flexibility index (Phi) is 4.96. The van der Waals surface area contributed by atoms with Crippen LogP contribution in [0.4, 0.5) is 11.4 Å². The van der Waals surface area contributed by atoms with Gasteiger partial charge in [-0.05, 0) is 24.3 Å². The van der Waals surface area contributed by atoms with Crippen molar-refractivity contribution in [3.05, 3.63) is 60.7 Å². The second-order valence-electron chi connectivity index (χ2n) is 5.35. The highest BCUT2D eigenvalue weighted by Gasteiger charge is 2.34. The zero-order valence-electron chi connectivity index (χ0n) is 13.2. The fourth-order valence-electron chi connectivity index (χ4n) is 2.25. The summed E-state index contributed by atoms with van der Waals surface area (Å²) in [6, 6.07) is 18.6. The average molecular weight is 339 g/mol. The first-order valence-electron chi connectivity index (χ1n) is 7.56. The molecule has 3 rings (SSSR count). The van der Waals surface area contributed by atoms with Crippen LogP contribution in [0, 0.1) is 0 Å². The number of nitrogens with zero attached hydrogens (tertiary/aromatic N) is 2. The standard InChI is InChI=1S/C18H17N3O2S/c1-21-16(22)12-15(17(23)19-13-8-4-2-5-9-13)24-18(21)20-14-10-6-3-7-11-14/h2-11,15H,12H2,1H3,(H,19,23)/t15-/m1/s1. The second-order valence-corrected chi connectivity index (χ2v) is 6.52. The van der Waals surface area contributed by atoms with Crippen LogP contribution in [0.25, 0.3) is 0 Å². The van der Waals surface area contributed by atoms with Gasteiger partial charge in [0.05, 0.1) is 5.69 Å². The van der Waals surface area contributed by atoms with E-state index in [0.717, 1.165) is 11.4 Å². The molecule has 1 aliphatic heterocycles. The Hall–Kier alpha value is -2.60. The first kappa shape index (κ1) is 16.3. The number of thioether (sulfide) groups is 1. The largest absolute Gasteiger partial charge is 0.325 e. The van der Waals surface area contributed by atoms with Gasteiger partial charge in [-0.1, -0.05) is 48.2 Å². The number of hydrogen-bond donors (Lipinski definition) is 1. The summed E-state index contributed by atoms with van der Waals surface area (Å²) in [7, 11) is 1.68. The van der Waals surface area contributed by atoms with Gasteiger partial charge in [0.15, 0.2) is 5.17 Å². The van der Waals surface area contributed by atoms with Crippen molar-refractivity contribution >= 4 is 40.1 Å². The van der Waals surface area contributed by atoms with Crippen LogP contribution in [0.15, 0.2) is 65.7 Å². The summed E-state index contributed by atoms with van der Waals surface area (Å²) < 4.78 is 0. The number of nitrogens with one attached hydrogen (secondary N) is 1. The molecule has 0 saturated carbocycles. The second kappa shape index (κ2) is 7.31. The minimum absolute atomic E-state index is 0.114. The van der Waals surface area contributed by atoms with Crippen molar-refractivity contribution in [3.63, 3.8) is 0 Å². The van der Waals surface area contributed by atoms with Gasteiger partial charge in [-0.15, -0.1) is 0 Å². The van der Waals surface area contributed by atoms with E-state index in [9.17, 15) is 9.59 Å². The number of carbonyl (C=O) groups excluding carboxylic acids is 2. The number of amides is 2. The zero-order valence-corrected chi connectivity index (χ0v) is 14.0. The van der Waals surface area contributed by atoms with Crippen LogP contribution in [-0.2, 0) is 9.59 Å². The molecule has 0 unspecified atom stereocenters. The maximum absolute atomic E-state index is 12.5. The van der Waals surface area contributed by atoms with Gasteiger partial charge >= 0.3 is 0 Å². The van der Waals surface area contributed by atoms with Crippen LogP contribution in [-0.4, -0.2) is 34.2 Å². The predicted octanol–water partition coefficient (Wildman–Crippen LogP) is 3.28. The van der Waals surface area contributed by atoms with E-state index < -0.39 is 5.25 Å². The lowest BCUT2D eigenvalue weighted by Gasteiger charge is -2.28. The van der Waals surface area contributed by atoms with E-state index >= 15 is 0 Å². The number of amidine groups is 1. The topological polar surface area (TPSA) is 61.8 Å². The summed E-state index contributed by atoms with van der Waals surface area (Å²) >= 11 is 1.31. The van der Waals surface area contributed by atoms with Crippen molar-refractivity contribution < 1.29 is 9.59 Å². The molecule has 2 amide bonds. The minimum Gasteiger partial charge on any atom is -0.325 e. The Labute approximate surface area is 144 Å². The molecule has 2 aromatic rings. The lowest BCUT2D eigenvalue weighted by molar-refractivity contribution is -0.128. The monoisotopic (exact) mass is 339 g/mol. The summed E-state index contributed by atoms with van der Waals surface area (Å²) in [5.74, 6) is -0.301. The van der Waals surface area contributed by atoms with Crippen molar-refractivity contribution in [2.75, 3.05) is 12.4 Å². The van der Waals surface area contributed by atoms with Crippen molar-refractivity contribution in [1.29, 1.82) is 0 Å². The van der Waals surface area contributed by atoms with E-state index in [4.69, 9.17) is 0 Å². The molecule has 1 fully saturated rings. The summed E-state index contributed by atoms with van der Waals surface area (Å²) in [4.78, 5) is 30.7. The zero-order chi connectivity index (χ0) is 16.9. The summed E-state index contributed by atoms with van der Waals surface area (Å²) in [6.45, 7) is 0. The molecule has 1 aliphatic rings. The van der Waals surface area contributed by atoms with Crippen LogP contribution >= 0.6 is 11.8 Å². The summed E-state index contributed by atoms with van der Waals surface area (Å²) in [6.07, 6.45) is 0.160. The number of para-hydroxylation sites is 2. The van der Waals surface area contributed by atoms with Crippen LogP contribution < -0.4 is 5.32 Å². The molecular formula is C18H17N3O2S. The third kappa shape index (κ3) is 3.83. The molecule has 0 aliphatic carbocycles. The first-order valence-corrected chi connectivity index (χ1v) is 8.44. The molecule has 0 spiro atoms. The summed E-state index contributed by atoms with van der Waals surface area (Å²) in [5, 5.41) is 2.89. The molecule has 0 aromatic heterocycles. The number of benzene rings is 2. The lowest BCUT2D eigenvalue weighted by atomic mass is 10.2. The molecule has 24 heavy (non-hydrogen) atoms. The van der Waals surface area contributed by atoms with Gasteiger partial charge in [-0.25, -0.2) is 4.99 Å². The van der Waals surface area contributed by atoms with E-state index in [0.29, 0.717) is 5.17 Å². The fourth-order valence-corrected chi connectivity index (χ4v) is 3.32. The van der Waals surface area contributed by atoms with Gasteiger partial charge in [-0.3, -0.25) is 14.5 Å². The number of carbonyl (C=O) groups is 2. The third-order valence-electron chi connectivity index (χ3n) is 3.58. The smallest absolute Gasteiger partial charge is 0.238 e. The van der Waals surface area contributed by atoms with Gasteiger partial charge in [0.1, 0.15) is 5.25 Å². The highest BCUT2D eigenvalue weighted by molar-refractivity contribution is 8.15. The maximum Gasteiger partial charge on any atom is 0.238 e. The molecular weight excluding hydrogens is 322 g/mol. The van der Waals surface area contributed by atoms with Gasteiger partial charge in [0.25, 0.3) is 0 Å². The molecule has 6 heteroatoms. The quantitative estimate of drug-likeness (QED) is 0.933. The number of aliphatic imine (C=N–C) groups is 1. The highest BCUT2D eigenvalue weighted by atomic mass is 32.2. The van der Waals surface area contributed by atoms with E-state index in [-0.39, 0.29) is 18.2 Å². The number of rotatable bonds is 3. The Balaban J connectivity index is 1.77. The van der Waals surface area contributed by atoms with Crippen LogP contribution in [0.1, 0.15) is 6.42 Å². The molecule has 5 nitrogen and oxygen atoms in total. The molecule has 1 atom stereocenters. The van der Waals surface area contributed by atoms with Crippen LogP contribution in [0.5, 0.6) is 0 Å². The minimum atomic E-state index is -0.489. The van der Waals surface area contributed by atoms with E-state index in [2.05, 4.69) is 10.3 Å². The van der Waals surface area contributed by atoms with Crippen molar-refractivity contribution in [3.8, 4) is 0 Å². The lowest BCUT2D eigenvalue weighted by Crippen LogP contribution is -2.43. The van der Waals surface area contributed by atoms with Crippen LogP contribution in [0.3, 0.4) is 0 Å². The number of hydrogen-bond acceptors (Lipinski definition) is 4. The normalized spacial score (nSPS) is 19.4. The Bertz CT molecular complexity index is 762. The van der Waals surface area contributed by atoms with Crippen LogP contribution in [0.2, 0.25) is 0 Å². The molecule has 122 valence electrons. The van der Waals surface area contributed by atoms with Gasteiger partial charge in [0, 0.05) is 19.2 Å². The van der Waals surface area contributed by atoms with E-state index in [1.165, 1.54) is 16.7 Å². The molecule has 0 radical (unpaired) electrons. The van der Waals surface area contributed by atoms with Gasteiger partial charge in [-0.2, -0.15) is 0 Å². The SMILES string of the molecule is CN1C(=O)C[C@H](C(=O)Nc2ccccc2)SC1=Nc1ccccc1. The predicted molar refractivity (Wildman–Crippen MR) is 97.4 cm³/mol. The third-order valence-corrected chi connectivity index (χ3v) is 4.82. The molecule has 1 N–H and O–H groups in total. The van der Waals surface area contributed by atoms with Gasteiger partial charge in [0.2, 0.25) is 11.8 Å². The molecule has 1 heterocycles. The van der Waals surface area contributed by atoms with Crippen molar-refractivity contribution in [1.82, 2.24) is 4.90 Å². The molecule has 2 aromatic carbocycles. The Morgan fingerprint density at radius 3 is 2.42 bits per heavy atom. The van der Waals surface area contributed by atoms with Crippen molar-refractivity contribution in [2.45, 2.75) is 11.7 Å². The Morgan fingerprint density at radius 1 is 1.12 bits per heavy atom. The summed E-state index contributed by atoms with van der Waals surface area (Å²) in [5.41, 5.74) is 1.47. The van der Waals surface area contributed by atoms with E-state index in [1.54, 1.807) is 7.05 Å².